The van der Waals surface area contributed by atoms with Gasteiger partial charge in [-0.05, 0) is 30.2 Å². The van der Waals surface area contributed by atoms with Crippen molar-refractivity contribution in [1.29, 1.82) is 0 Å². The van der Waals surface area contributed by atoms with E-state index in [1.54, 1.807) is 49.4 Å². The molecule has 0 aromatic heterocycles. The Morgan fingerprint density at radius 1 is 1.04 bits per heavy atom. The molecule has 2 rings (SSSR count). The third kappa shape index (κ3) is 6.10. The van der Waals surface area contributed by atoms with E-state index in [4.69, 9.17) is 32.7 Å². The summed E-state index contributed by atoms with van der Waals surface area (Å²) in [7, 11) is 0. The van der Waals surface area contributed by atoms with E-state index < -0.39 is 12.1 Å². The highest BCUT2D eigenvalue weighted by Crippen LogP contribution is 2.23. The van der Waals surface area contributed by atoms with Crippen LogP contribution in [0.5, 0.6) is 0 Å². The number of rotatable bonds is 6. The standard InChI is InChI=1S/C19H17Cl2NO4/c1-2-25-18(23)11-17(14-6-4-3-5-7-14)22-19(24)26-12-13-8-9-15(20)16(21)10-13/h3-11H,2,12H2,1H3,(H,22,24)/b17-11+. The van der Waals surface area contributed by atoms with Crippen LogP contribution in [0.15, 0.2) is 54.6 Å². The van der Waals surface area contributed by atoms with Crippen LogP contribution < -0.4 is 5.32 Å². The van der Waals surface area contributed by atoms with Gasteiger partial charge >= 0.3 is 12.1 Å². The quantitative estimate of drug-likeness (QED) is 0.564. The van der Waals surface area contributed by atoms with Crippen LogP contribution in [0.4, 0.5) is 4.79 Å². The molecule has 26 heavy (non-hydrogen) atoms. The van der Waals surface area contributed by atoms with Crippen LogP contribution in [0.2, 0.25) is 10.0 Å². The number of carbonyl (C=O) groups is 2. The van der Waals surface area contributed by atoms with Gasteiger partial charge in [-0.1, -0.05) is 59.6 Å². The number of amides is 1. The van der Waals surface area contributed by atoms with Crippen molar-refractivity contribution >= 4 is 41.0 Å². The fourth-order valence-corrected chi connectivity index (χ4v) is 2.36. The van der Waals surface area contributed by atoms with E-state index in [1.165, 1.54) is 6.08 Å². The first-order valence-corrected chi connectivity index (χ1v) is 8.56. The van der Waals surface area contributed by atoms with Gasteiger partial charge in [-0.25, -0.2) is 9.59 Å². The molecule has 2 aromatic rings. The molecule has 0 fully saturated rings. The van der Waals surface area contributed by atoms with Crippen molar-refractivity contribution in [3.05, 3.63) is 75.8 Å². The summed E-state index contributed by atoms with van der Waals surface area (Å²) >= 11 is 11.8. The van der Waals surface area contributed by atoms with E-state index in [-0.39, 0.29) is 18.9 Å². The lowest BCUT2D eigenvalue weighted by molar-refractivity contribution is -0.137. The predicted molar refractivity (Wildman–Crippen MR) is 101 cm³/mol. The van der Waals surface area contributed by atoms with Crippen molar-refractivity contribution in [3.63, 3.8) is 0 Å². The Kier molecular flexibility index (Phi) is 7.51. The van der Waals surface area contributed by atoms with Crippen molar-refractivity contribution in [2.75, 3.05) is 6.61 Å². The van der Waals surface area contributed by atoms with Crippen LogP contribution in [0.25, 0.3) is 5.70 Å². The Labute approximate surface area is 161 Å². The maximum absolute atomic E-state index is 12.1. The highest BCUT2D eigenvalue weighted by molar-refractivity contribution is 6.42. The number of carbonyl (C=O) groups excluding carboxylic acids is 2. The summed E-state index contributed by atoms with van der Waals surface area (Å²) in [6.45, 7) is 1.94. The number of hydrogen-bond donors (Lipinski definition) is 1. The van der Waals surface area contributed by atoms with Gasteiger partial charge in [-0.15, -0.1) is 0 Å². The second kappa shape index (κ2) is 9.85. The molecule has 0 unspecified atom stereocenters. The molecule has 0 spiro atoms. The molecule has 0 saturated carbocycles. The van der Waals surface area contributed by atoms with E-state index in [1.807, 2.05) is 6.07 Å². The first-order chi connectivity index (χ1) is 12.5. The Bertz CT molecular complexity index is 806. The number of benzene rings is 2. The highest BCUT2D eigenvalue weighted by atomic mass is 35.5. The minimum atomic E-state index is -0.713. The molecule has 1 amide bonds. The zero-order valence-electron chi connectivity index (χ0n) is 14.0. The van der Waals surface area contributed by atoms with Crippen LogP contribution >= 0.6 is 23.2 Å². The number of ether oxygens (including phenoxy) is 2. The van der Waals surface area contributed by atoms with Gasteiger partial charge in [-0.2, -0.15) is 0 Å². The number of halogens is 2. The van der Waals surface area contributed by atoms with Gasteiger partial charge in [0.1, 0.15) is 6.61 Å². The average Bonchev–Trinajstić information content (AvgIpc) is 2.63. The van der Waals surface area contributed by atoms with Gasteiger partial charge in [0.15, 0.2) is 0 Å². The molecule has 7 heteroatoms. The van der Waals surface area contributed by atoms with Gasteiger partial charge in [0, 0.05) is 6.08 Å². The summed E-state index contributed by atoms with van der Waals surface area (Å²) in [5.74, 6) is -0.559. The number of esters is 1. The van der Waals surface area contributed by atoms with E-state index in [0.717, 1.165) is 0 Å². The third-order valence-electron chi connectivity index (χ3n) is 3.22. The molecule has 0 radical (unpaired) electrons. The topological polar surface area (TPSA) is 64.6 Å². The van der Waals surface area contributed by atoms with Crippen LogP contribution in [0.3, 0.4) is 0 Å². The number of hydrogen-bond acceptors (Lipinski definition) is 4. The first-order valence-electron chi connectivity index (χ1n) is 7.81. The van der Waals surface area contributed by atoms with E-state index in [9.17, 15) is 9.59 Å². The Morgan fingerprint density at radius 2 is 1.77 bits per heavy atom. The normalized spacial score (nSPS) is 11.0. The third-order valence-corrected chi connectivity index (χ3v) is 3.96. The molecule has 2 aromatic carbocycles. The van der Waals surface area contributed by atoms with Gasteiger partial charge in [-0.3, -0.25) is 5.32 Å². The van der Waals surface area contributed by atoms with E-state index in [2.05, 4.69) is 5.32 Å². The van der Waals surface area contributed by atoms with E-state index in [0.29, 0.717) is 21.2 Å². The van der Waals surface area contributed by atoms with Crippen LogP contribution in [-0.4, -0.2) is 18.7 Å². The fourth-order valence-electron chi connectivity index (χ4n) is 2.04. The van der Waals surface area contributed by atoms with Crippen molar-refractivity contribution in [1.82, 2.24) is 5.32 Å². The minimum absolute atomic E-state index is 0.00417. The molecule has 0 heterocycles. The summed E-state index contributed by atoms with van der Waals surface area (Å²) in [6.07, 6.45) is 0.495. The van der Waals surface area contributed by atoms with Crippen molar-refractivity contribution < 1.29 is 19.1 Å². The Morgan fingerprint density at radius 3 is 2.42 bits per heavy atom. The lowest BCUT2D eigenvalue weighted by Gasteiger charge is -2.11. The lowest BCUT2D eigenvalue weighted by Crippen LogP contribution is -2.23. The van der Waals surface area contributed by atoms with Crippen LogP contribution in [0, 0.1) is 0 Å². The molecule has 0 aliphatic carbocycles. The smallest absolute Gasteiger partial charge is 0.411 e. The molecule has 1 N–H and O–H groups in total. The maximum atomic E-state index is 12.1. The van der Waals surface area contributed by atoms with Crippen LogP contribution in [0.1, 0.15) is 18.1 Å². The molecule has 136 valence electrons. The van der Waals surface area contributed by atoms with Gasteiger partial charge < -0.3 is 9.47 Å². The average molecular weight is 394 g/mol. The molecule has 5 nitrogen and oxygen atoms in total. The van der Waals surface area contributed by atoms with Crippen molar-refractivity contribution in [2.45, 2.75) is 13.5 Å². The lowest BCUT2D eigenvalue weighted by atomic mass is 10.1. The zero-order valence-corrected chi connectivity index (χ0v) is 15.5. The monoisotopic (exact) mass is 393 g/mol. The molecule has 0 atom stereocenters. The van der Waals surface area contributed by atoms with Crippen molar-refractivity contribution in [3.8, 4) is 0 Å². The van der Waals surface area contributed by atoms with Crippen LogP contribution in [-0.2, 0) is 20.9 Å². The molecule has 0 aliphatic heterocycles. The summed E-state index contributed by atoms with van der Waals surface area (Å²) in [6, 6.07) is 13.9. The second-order valence-electron chi connectivity index (χ2n) is 5.13. The molecule has 0 aliphatic rings. The summed E-state index contributed by atoms with van der Waals surface area (Å²) in [5, 5.41) is 3.35. The number of alkyl carbamates (subject to hydrolysis) is 1. The summed E-state index contributed by atoms with van der Waals surface area (Å²) in [4.78, 5) is 23.8. The van der Waals surface area contributed by atoms with Gasteiger partial charge in [0.05, 0.1) is 22.3 Å². The minimum Gasteiger partial charge on any atom is -0.463 e. The fraction of sp³-hybridized carbons (Fsp3) is 0.158. The molecular formula is C19H17Cl2NO4. The molecular weight excluding hydrogens is 377 g/mol. The summed E-state index contributed by atoms with van der Waals surface area (Å²) < 4.78 is 10.1. The Hall–Kier alpha value is -2.50. The zero-order chi connectivity index (χ0) is 18.9. The molecule has 0 saturated heterocycles. The van der Waals surface area contributed by atoms with Gasteiger partial charge in [0.2, 0.25) is 0 Å². The largest absolute Gasteiger partial charge is 0.463 e. The molecule has 0 bridgehead atoms. The SMILES string of the molecule is CCOC(=O)/C=C(/NC(=O)OCc1ccc(Cl)c(Cl)c1)c1ccccc1. The van der Waals surface area contributed by atoms with Crippen molar-refractivity contribution in [2.24, 2.45) is 0 Å². The highest BCUT2D eigenvalue weighted by Gasteiger charge is 2.11. The first kappa shape index (κ1) is 19.8. The second-order valence-corrected chi connectivity index (χ2v) is 5.94. The van der Waals surface area contributed by atoms with Gasteiger partial charge in [0.25, 0.3) is 0 Å². The Balaban J connectivity index is 2.06. The predicted octanol–water partition coefficient (Wildman–Crippen LogP) is 4.82. The maximum Gasteiger partial charge on any atom is 0.411 e. The summed E-state index contributed by atoms with van der Waals surface area (Å²) in [5.41, 5.74) is 1.61. The number of nitrogens with one attached hydrogen (secondary N) is 1. The van der Waals surface area contributed by atoms with E-state index >= 15 is 0 Å².